The first-order valence-corrected chi connectivity index (χ1v) is 11.7. The Bertz CT molecular complexity index is 1640. The second-order valence-electron chi connectivity index (χ2n) is 7.99. The second kappa shape index (κ2) is 11.6. The normalized spacial score (nSPS) is 11.5. The minimum atomic E-state index is -5.08. The first-order valence-electron chi connectivity index (χ1n) is 11.4. The molecular formula is C28H20ClF3O8. The van der Waals surface area contributed by atoms with E-state index in [2.05, 4.69) is 0 Å². The van der Waals surface area contributed by atoms with Crippen LogP contribution in [-0.2, 0) is 11.0 Å². The van der Waals surface area contributed by atoms with Gasteiger partial charge in [0.15, 0.2) is 11.5 Å². The van der Waals surface area contributed by atoms with Crippen LogP contribution in [0.3, 0.4) is 0 Å². The van der Waals surface area contributed by atoms with Gasteiger partial charge in [-0.05, 0) is 48.0 Å². The molecule has 1 heterocycles. The third kappa shape index (κ3) is 5.99. The molecule has 0 fully saturated rings. The van der Waals surface area contributed by atoms with E-state index < -0.39 is 34.7 Å². The van der Waals surface area contributed by atoms with E-state index in [1.807, 2.05) is 0 Å². The largest absolute Gasteiger partial charge is 0.493 e. The molecule has 0 unspecified atom stereocenters. The maximum atomic E-state index is 13.8. The standard InChI is InChI=1S/C28H20ClF3O8/c1-35-21-12-15(13-22(36-2)25(21)37-3)8-11-23(33)38-16-9-10-17-20(14-16)40-27(28(30,31)32)26(24(17)34)39-19-7-5-4-6-18(19)29/h4-14H,1-3H3/b11-8+. The molecule has 3 aromatic carbocycles. The lowest BCUT2D eigenvalue weighted by atomic mass is 10.1. The zero-order valence-corrected chi connectivity index (χ0v) is 21.9. The topological polar surface area (TPSA) is 93.4 Å². The van der Waals surface area contributed by atoms with Gasteiger partial charge in [-0.1, -0.05) is 23.7 Å². The van der Waals surface area contributed by atoms with Gasteiger partial charge in [0, 0.05) is 12.1 Å². The highest BCUT2D eigenvalue weighted by atomic mass is 35.5. The number of fused-ring (bicyclic) bond motifs is 1. The molecule has 0 spiro atoms. The van der Waals surface area contributed by atoms with Crippen molar-refractivity contribution >= 4 is 34.6 Å². The number of benzene rings is 3. The van der Waals surface area contributed by atoms with Gasteiger partial charge >= 0.3 is 12.1 Å². The van der Waals surface area contributed by atoms with Crippen molar-refractivity contribution in [1.29, 1.82) is 0 Å². The van der Waals surface area contributed by atoms with E-state index in [0.29, 0.717) is 22.8 Å². The zero-order chi connectivity index (χ0) is 29.0. The summed E-state index contributed by atoms with van der Waals surface area (Å²) in [6, 6.07) is 12.3. The third-order valence-electron chi connectivity index (χ3n) is 5.45. The molecule has 0 aliphatic rings. The number of halogens is 4. The highest BCUT2D eigenvalue weighted by molar-refractivity contribution is 6.32. The minimum Gasteiger partial charge on any atom is -0.493 e. The molecule has 0 bridgehead atoms. The lowest BCUT2D eigenvalue weighted by Crippen LogP contribution is -2.15. The molecular weight excluding hydrogens is 557 g/mol. The molecule has 0 atom stereocenters. The monoisotopic (exact) mass is 576 g/mol. The Hall–Kier alpha value is -4.64. The zero-order valence-electron chi connectivity index (χ0n) is 21.1. The van der Waals surface area contributed by atoms with Crippen LogP contribution < -0.4 is 29.1 Å². The van der Waals surface area contributed by atoms with Crippen molar-refractivity contribution in [2.75, 3.05) is 21.3 Å². The molecule has 12 heteroatoms. The third-order valence-corrected chi connectivity index (χ3v) is 5.76. The molecule has 4 aromatic rings. The Kier molecular flexibility index (Phi) is 8.24. The number of methoxy groups -OCH3 is 3. The van der Waals surface area contributed by atoms with Crippen molar-refractivity contribution in [2.45, 2.75) is 6.18 Å². The first-order chi connectivity index (χ1) is 19.0. The molecule has 0 amide bonds. The molecule has 8 nitrogen and oxygen atoms in total. The summed E-state index contributed by atoms with van der Waals surface area (Å²) in [7, 11) is 4.32. The van der Waals surface area contributed by atoms with Crippen LogP contribution in [0.4, 0.5) is 13.2 Å². The van der Waals surface area contributed by atoms with E-state index in [1.54, 1.807) is 18.2 Å². The van der Waals surface area contributed by atoms with Crippen LogP contribution >= 0.6 is 11.6 Å². The smallest absolute Gasteiger partial charge is 0.453 e. The van der Waals surface area contributed by atoms with Crippen LogP contribution in [0.15, 0.2) is 69.9 Å². The quantitative estimate of drug-likeness (QED) is 0.127. The van der Waals surface area contributed by atoms with E-state index in [-0.39, 0.29) is 21.9 Å². The molecule has 0 aliphatic carbocycles. The summed E-state index contributed by atoms with van der Waals surface area (Å²) in [5.74, 6) is -2.85. The number of para-hydroxylation sites is 1. The summed E-state index contributed by atoms with van der Waals surface area (Å²) in [5, 5.41) is -0.236. The summed E-state index contributed by atoms with van der Waals surface area (Å²) in [4.78, 5) is 25.4. The van der Waals surface area contributed by atoms with Crippen molar-refractivity contribution in [2.24, 2.45) is 0 Å². The maximum Gasteiger partial charge on any atom is 0.453 e. The van der Waals surface area contributed by atoms with E-state index in [9.17, 15) is 22.8 Å². The molecule has 0 radical (unpaired) electrons. The van der Waals surface area contributed by atoms with Crippen LogP contribution in [0.1, 0.15) is 11.3 Å². The van der Waals surface area contributed by atoms with Crippen LogP contribution in [0, 0.1) is 0 Å². The van der Waals surface area contributed by atoms with Gasteiger partial charge in [0.25, 0.3) is 5.76 Å². The van der Waals surface area contributed by atoms with Crippen LogP contribution in [-0.4, -0.2) is 27.3 Å². The summed E-state index contributed by atoms with van der Waals surface area (Å²) in [5.41, 5.74) is -1.05. The minimum absolute atomic E-state index is 0.00281. The predicted molar refractivity (Wildman–Crippen MR) is 140 cm³/mol. The van der Waals surface area contributed by atoms with Crippen molar-refractivity contribution < 1.29 is 46.1 Å². The number of ether oxygens (including phenoxy) is 5. The van der Waals surface area contributed by atoms with E-state index in [1.165, 1.54) is 51.7 Å². The Morgan fingerprint density at radius 3 is 2.17 bits per heavy atom. The maximum absolute atomic E-state index is 13.8. The van der Waals surface area contributed by atoms with Gasteiger partial charge < -0.3 is 28.1 Å². The van der Waals surface area contributed by atoms with Gasteiger partial charge in [0.1, 0.15) is 17.1 Å². The molecule has 0 saturated heterocycles. The molecule has 208 valence electrons. The molecule has 1 aromatic heterocycles. The van der Waals surface area contributed by atoms with Gasteiger partial charge in [-0.2, -0.15) is 13.2 Å². The fourth-order valence-corrected chi connectivity index (χ4v) is 3.82. The van der Waals surface area contributed by atoms with Gasteiger partial charge in [-0.3, -0.25) is 4.79 Å². The highest BCUT2D eigenvalue weighted by Gasteiger charge is 2.40. The number of carbonyl (C=O) groups is 1. The van der Waals surface area contributed by atoms with Gasteiger partial charge in [0.2, 0.25) is 16.9 Å². The average molecular weight is 577 g/mol. The van der Waals surface area contributed by atoms with E-state index in [0.717, 1.165) is 18.2 Å². The predicted octanol–water partition coefficient (Wildman–Crippen LogP) is 6.90. The van der Waals surface area contributed by atoms with Crippen molar-refractivity contribution in [1.82, 2.24) is 0 Å². The van der Waals surface area contributed by atoms with Gasteiger partial charge in [-0.25, -0.2) is 4.79 Å². The number of carbonyl (C=O) groups excluding carboxylic acids is 1. The fourth-order valence-electron chi connectivity index (χ4n) is 3.65. The fraction of sp³-hybridized carbons (Fsp3) is 0.143. The molecule has 0 aliphatic heterocycles. The number of rotatable bonds is 8. The number of alkyl halides is 3. The summed E-state index contributed by atoms with van der Waals surface area (Å²) in [6.45, 7) is 0. The Labute approximate surface area is 230 Å². The van der Waals surface area contributed by atoms with Crippen molar-refractivity contribution in [3.8, 4) is 34.5 Å². The number of esters is 1. The van der Waals surface area contributed by atoms with Crippen LogP contribution in [0.5, 0.6) is 34.5 Å². The molecule has 0 saturated carbocycles. The van der Waals surface area contributed by atoms with Crippen molar-refractivity contribution in [3.63, 3.8) is 0 Å². The van der Waals surface area contributed by atoms with E-state index >= 15 is 0 Å². The molecule has 40 heavy (non-hydrogen) atoms. The van der Waals surface area contributed by atoms with Crippen LogP contribution in [0.2, 0.25) is 5.02 Å². The molecule has 4 rings (SSSR count). The van der Waals surface area contributed by atoms with Gasteiger partial charge in [-0.15, -0.1) is 0 Å². The van der Waals surface area contributed by atoms with E-state index in [4.69, 9.17) is 39.7 Å². The second-order valence-corrected chi connectivity index (χ2v) is 8.40. The van der Waals surface area contributed by atoms with Crippen LogP contribution in [0.25, 0.3) is 17.0 Å². The highest BCUT2D eigenvalue weighted by Crippen LogP contribution is 2.40. The summed E-state index contributed by atoms with van der Waals surface area (Å²) < 4.78 is 72.7. The average Bonchev–Trinajstić information content (AvgIpc) is 2.93. The lowest BCUT2D eigenvalue weighted by molar-refractivity contribution is -0.154. The summed E-state index contributed by atoms with van der Waals surface area (Å²) >= 11 is 5.98. The lowest BCUT2D eigenvalue weighted by Gasteiger charge is -2.14. The Morgan fingerprint density at radius 1 is 0.900 bits per heavy atom. The summed E-state index contributed by atoms with van der Waals surface area (Å²) in [6.07, 6.45) is -2.59. The number of hydrogen-bond acceptors (Lipinski definition) is 8. The first kappa shape index (κ1) is 28.4. The van der Waals surface area contributed by atoms with Gasteiger partial charge in [0.05, 0.1) is 31.7 Å². The Morgan fingerprint density at radius 2 is 1.57 bits per heavy atom. The van der Waals surface area contributed by atoms with Crippen molar-refractivity contribution in [3.05, 3.63) is 87.2 Å². The molecule has 0 N–H and O–H groups in total. The number of hydrogen-bond donors (Lipinski definition) is 0. The SMILES string of the molecule is COc1cc(/C=C/C(=O)Oc2ccc3c(=O)c(Oc4ccccc4Cl)c(C(F)(F)F)oc3c2)cc(OC)c1OC. The Balaban J connectivity index is 1.64.